The van der Waals surface area contributed by atoms with Crippen LogP contribution in [-0.2, 0) is 9.84 Å². The van der Waals surface area contributed by atoms with Gasteiger partial charge in [0.15, 0.2) is 0 Å². The van der Waals surface area contributed by atoms with Crippen LogP contribution in [0.5, 0.6) is 0 Å². The first-order chi connectivity index (χ1) is 10.2. The summed E-state index contributed by atoms with van der Waals surface area (Å²) in [5.41, 5.74) is -0.215. The minimum absolute atomic E-state index is 0.0122. The lowest BCUT2D eigenvalue weighted by atomic mass is 9.86. The molecule has 1 aliphatic heterocycles. The molecule has 6 heteroatoms. The summed E-state index contributed by atoms with van der Waals surface area (Å²) in [5, 5.41) is 2.98. The molecule has 1 aliphatic carbocycles. The Morgan fingerprint density at radius 3 is 2.27 bits per heavy atom. The van der Waals surface area contributed by atoms with Crippen molar-refractivity contribution in [3.8, 4) is 0 Å². The maximum Gasteiger partial charge on any atom is 0.317 e. The molecular weight excluding hydrogens is 300 g/mol. The number of urea groups is 1. The highest BCUT2D eigenvalue weighted by Crippen LogP contribution is 2.32. The van der Waals surface area contributed by atoms with Gasteiger partial charge < -0.3 is 10.2 Å². The number of fused-ring (bicyclic) bond motifs is 1. The molecular formula is C16H28N2O3S. The molecule has 0 saturated carbocycles. The lowest BCUT2D eigenvalue weighted by Gasteiger charge is -2.26. The van der Waals surface area contributed by atoms with E-state index in [0.29, 0.717) is 24.8 Å². The fourth-order valence-corrected chi connectivity index (χ4v) is 4.08. The van der Waals surface area contributed by atoms with Gasteiger partial charge in [-0.05, 0) is 36.5 Å². The average Bonchev–Trinajstić information content (AvgIpc) is 2.86. The summed E-state index contributed by atoms with van der Waals surface area (Å²) >= 11 is 0. The van der Waals surface area contributed by atoms with Crippen molar-refractivity contribution in [3.63, 3.8) is 0 Å². The van der Waals surface area contributed by atoms with E-state index >= 15 is 0 Å². The number of likely N-dealkylation sites (tertiary alicyclic amines) is 1. The lowest BCUT2D eigenvalue weighted by molar-refractivity contribution is 0.199. The molecule has 0 spiro atoms. The van der Waals surface area contributed by atoms with E-state index in [2.05, 4.69) is 17.5 Å². The minimum Gasteiger partial charge on any atom is -0.337 e. The predicted octanol–water partition coefficient (Wildman–Crippen LogP) is 2.05. The molecule has 5 nitrogen and oxygen atoms in total. The third kappa shape index (κ3) is 5.00. The first-order valence-electron chi connectivity index (χ1n) is 8.02. The Labute approximate surface area is 134 Å². The number of allylic oxidation sites excluding steroid dienone is 2. The molecule has 0 aromatic carbocycles. The second-order valence-electron chi connectivity index (χ2n) is 7.57. The van der Waals surface area contributed by atoms with Crippen LogP contribution in [0.2, 0.25) is 0 Å². The number of rotatable bonds is 5. The Hall–Kier alpha value is -1.04. The third-order valence-corrected chi connectivity index (χ3v) is 5.72. The Morgan fingerprint density at radius 1 is 1.23 bits per heavy atom. The first-order valence-corrected chi connectivity index (χ1v) is 10.1. The zero-order valence-electron chi connectivity index (χ0n) is 13.8. The van der Waals surface area contributed by atoms with Crippen molar-refractivity contribution in [1.29, 1.82) is 0 Å². The molecule has 22 heavy (non-hydrogen) atoms. The highest BCUT2D eigenvalue weighted by atomic mass is 32.2. The standard InChI is InChI=1S/C16H28N2O3S/c1-16(2,8-9-22(3,20)21)12-17-15(19)18-10-13-6-4-5-7-14(13)11-18/h4-5,13-14H,6-12H2,1-3H3,(H,17,19)/t13-,14-/m1/s1. The monoisotopic (exact) mass is 328 g/mol. The lowest BCUT2D eigenvalue weighted by Crippen LogP contribution is -2.43. The van der Waals surface area contributed by atoms with Crippen LogP contribution in [-0.4, -0.2) is 51.0 Å². The molecule has 1 saturated heterocycles. The fourth-order valence-electron chi connectivity index (χ4n) is 3.16. The Balaban J connectivity index is 1.78. The van der Waals surface area contributed by atoms with Gasteiger partial charge in [-0.15, -0.1) is 0 Å². The molecule has 0 bridgehead atoms. The Morgan fingerprint density at radius 2 is 1.77 bits per heavy atom. The van der Waals surface area contributed by atoms with Crippen molar-refractivity contribution in [2.45, 2.75) is 33.1 Å². The number of carbonyl (C=O) groups excluding carboxylic acids is 1. The molecule has 0 unspecified atom stereocenters. The van der Waals surface area contributed by atoms with E-state index in [9.17, 15) is 13.2 Å². The predicted molar refractivity (Wildman–Crippen MR) is 88.4 cm³/mol. The minimum atomic E-state index is -2.96. The maximum absolute atomic E-state index is 12.3. The summed E-state index contributed by atoms with van der Waals surface area (Å²) in [7, 11) is -2.96. The molecule has 2 atom stereocenters. The summed E-state index contributed by atoms with van der Waals surface area (Å²) in [6.07, 6.45) is 8.40. The van der Waals surface area contributed by atoms with Crippen molar-refractivity contribution in [1.82, 2.24) is 10.2 Å². The van der Waals surface area contributed by atoms with Gasteiger partial charge in [0.1, 0.15) is 9.84 Å². The number of sulfone groups is 1. The molecule has 2 aliphatic rings. The largest absolute Gasteiger partial charge is 0.337 e. The van der Waals surface area contributed by atoms with Crippen LogP contribution in [0.25, 0.3) is 0 Å². The number of hydrogen-bond donors (Lipinski definition) is 1. The third-order valence-electron chi connectivity index (χ3n) is 4.78. The van der Waals surface area contributed by atoms with Crippen LogP contribution >= 0.6 is 0 Å². The summed E-state index contributed by atoms with van der Waals surface area (Å²) in [6.45, 7) is 6.17. The number of nitrogens with one attached hydrogen (secondary N) is 1. The summed E-state index contributed by atoms with van der Waals surface area (Å²) in [4.78, 5) is 14.2. The van der Waals surface area contributed by atoms with E-state index in [1.54, 1.807) is 0 Å². The second kappa shape index (κ2) is 6.60. The van der Waals surface area contributed by atoms with Crippen LogP contribution in [0.4, 0.5) is 4.79 Å². The van der Waals surface area contributed by atoms with Crippen LogP contribution in [0, 0.1) is 17.3 Å². The smallest absolute Gasteiger partial charge is 0.317 e. The fraction of sp³-hybridized carbons (Fsp3) is 0.812. The quantitative estimate of drug-likeness (QED) is 0.786. The Bertz CT molecular complexity index is 524. The van der Waals surface area contributed by atoms with Gasteiger partial charge in [-0.2, -0.15) is 0 Å². The van der Waals surface area contributed by atoms with Crippen LogP contribution in [0.1, 0.15) is 33.1 Å². The van der Waals surface area contributed by atoms with Crippen molar-refractivity contribution >= 4 is 15.9 Å². The van der Waals surface area contributed by atoms with Crippen molar-refractivity contribution in [3.05, 3.63) is 12.2 Å². The second-order valence-corrected chi connectivity index (χ2v) is 9.83. The zero-order chi connectivity index (χ0) is 16.4. The summed E-state index contributed by atoms with van der Waals surface area (Å²) in [6, 6.07) is -0.0122. The summed E-state index contributed by atoms with van der Waals surface area (Å²) in [5.74, 6) is 1.37. The van der Waals surface area contributed by atoms with Gasteiger partial charge >= 0.3 is 6.03 Å². The number of hydrogen-bond acceptors (Lipinski definition) is 3. The van der Waals surface area contributed by atoms with Gasteiger partial charge in [0.25, 0.3) is 0 Å². The Kier molecular flexibility index (Phi) is 5.20. The van der Waals surface area contributed by atoms with E-state index in [1.165, 1.54) is 6.26 Å². The van der Waals surface area contributed by atoms with Crippen LogP contribution < -0.4 is 5.32 Å². The van der Waals surface area contributed by atoms with Gasteiger partial charge in [0.2, 0.25) is 0 Å². The van der Waals surface area contributed by atoms with E-state index in [1.807, 2.05) is 18.7 Å². The molecule has 0 aromatic rings. The molecule has 2 amide bonds. The average molecular weight is 328 g/mol. The number of carbonyl (C=O) groups is 1. The highest BCUT2D eigenvalue weighted by molar-refractivity contribution is 7.90. The van der Waals surface area contributed by atoms with Gasteiger partial charge in [-0.25, -0.2) is 13.2 Å². The normalized spacial score (nSPS) is 25.1. The van der Waals surface area contributed by atoms with E-state index < -0.39 is 9.84 Å². The molecule has 0 aromatic heterocycles. The van der Waals surface area contributed by atoms with Gasteiger partial charge in [-0.1, -0.05) is 26.0 Å². The SMILES string of the molecule is CC(C)(CCS(C)(=O)=O)CNC(=O)N1C[C@H]2CC=CC[C@@H]2C1. The van der Waals surface area contributed by atoms with Crippen LogP contribution in [0.15, 0.2) is 12.2 Å². The molecule has 0 radical (unpaired) electrons. The zero-order valence-corrected chi connectivity index (χ0v) is 14.7. The summed E-state index contributed by atoms with van der Waals surface area (Å²) < 4.78 is 22.5. The molecule has 2 rings (SSSR count). The van der Waals surface area contributed by atoms with Gasteiger partial charge in [0.05, 0.1) is 5.75 Å². The molecule has 1 N–H and O–H groups in total. The molecule has 1 fully saturated rings. The highest BCUT2D eigenvalue weighted by Gasteiger charge is 2.35. The molecule has 126 valence electrons. The van der Waals surface area contributed by atoms with E-state index in [-0.39, 0.29) is 17.2 Å². The first kappa shape index (κ1) is 17.3. The maximum atomic E-state index is 12.3. The van der Waals surface area contributed by atoms with Gasteiger partial charge in [0, 0.05) is 25.9 Å². The number of amides is 2. The van der Waals surface area contributed by atoms with Crippen LogP contribution in [0.3, 0.4) is 0 Å². The number of nitrogens with zero attached hydrogens (tertiary/aromatic N) is 1. The topological polar surface area (TPSA) is 66.5 Å². The van der Waals surface area contributed by atoms with Gasteiger partial charge in [-0.3, -0.25) is 0 Å². The van der Waals surface area contributed by atoms with Crippen molar-refractivity contribution in [2.75, 3.05) is 31.6 Å². The van der Waals surface area contributed by atoms with Crippen molar-refractivity contribution in [2.24, 2.45) is 17.3 Å². The van der Waals surface area contributed by atoms with Crippen molar-refractivity contribution < 1.29 is 13.2 Å². The van der Waals surface area contributed by atoms with E-state index in [4.69, 9.17) is 0 Å². The van der Waals surface area contributed by atoms with E-state index in [0.717, 1.165) is 25.9 Å². The molecule has 1 heterocycles.